The molecular formula is C19H21N5O8. The third kappa shape index (κ3) is 4.40. The van der Waals surface area contributed by atoms with Crippen molar-refractivity contribution in [3.8, 4) is 12.3 Å². The van der Waals surface area contributed by atoms with Crippen molar-refractivity contribution >= 4 is 35.0 Å². The highest BCUT2D eigenvalue weighted by Crippen LogP contribution is 2.35. The molecule has 170 valence electrons. The highest BCUT2D eigenvalue weighted by atomic mass is 16.7. The van der Waals surface area contributed by atoms with E-state index >= 15 is 0 Å². The predicted octanol–water partition coefficient (Wildman–Crippen LogP) is -0.868. The number of fused-ring (bicyclic) bond motifs is 1. The number of carbonyl (C=O) groups is 3. The molecule has 13 heteroatoms. The second kappa shape index (κ2) is 9.06. The van der Waals surface area contributed by atoms with Crippen LogP contribution in [0, 0.1) is 12.3 Å². The lowest BCUT2D eigenvalue weighted by Gasteiger charge is -2.23. The Kier molecular flexibility index (Phi) is 6.45. The molecule has 1 aliphatic rings. The van der Waals surface area contributed by atoms with Crippen LogP contribution >= 0.6 is 0 Å². The second-order valence-corrected chi connectivity index (χ2v) is 6.90. The summed E-state index contributed by atoms with van der Waals surface area (Å²) in [6.07, 6.45) is 1.91. The van der Waals surface area contributed by atoms with E-state index in [2.05, 4.69) is 15.9 Å². The summed E-state index contributed by atoms with van der Waals surface area (Å²) >= 11 is 0. The van der Waals surface area contributed by atoms with Crippen molar-refractivity contribution in [1.82, 2.24) is 19.1 Å². The van der Waals surface area contributed by atoms with Crippen LogP contribution in [-0.2, 0) is 39.9 Å². The predicted molar refractivity (Wildman–Crippen MR) is 107 cm³/mol. The van der Waals surface area contributed by atoms with E-state index in [-0.39, 0.29) is 30.3 Å². The van der Waals surface area contributed by atoms with Gasteiger partial charge in [-0.3, -0.25) is 19.0 Å². The Morgan fingerprint density at radius 3 is 2.44 bits per heavy atom. The van der Waals surface area contributed by atoms with Crippen LogP contribution in [0.5, 0.6) is 0 Å². The summed E-state index contributed by atoms with van der Waals surface area (Å²) < 4.78 is 23.9. The number of carbonyl (C=O) groups excluding carboxylic acids is 3. The first kappa shape index (κ1) is 22.8. The van der Waals surface area contributed by atoms with Crippen LogP contribution in [0.25, 0.3) is 11.2 Å². The fourth-order valence-electron chi connectivity index (χ4n) is 3.45. The summed E-state index contributed by atoms with van der Waals surface area (Å²) in [6, 6.07) is 0. The smallest absolute Gasteiger partial charge is 0.333 e. The summed E-state index contributed by atoms with van der Waals surface area (Å²) in [6.45, 7) is 3.06. The number of hydrogen-bond acceptors (Lipinski definition) is 11. The monoisotopic (exact) mass is 447 g/mol. The molecule has 13 nitrogen and oxygen atoms in total. The minimum atomic E-state index is -1.30. The summed E-state index contributed by atoms with van der Waals surface area (Å²) in [5.74, 6) is 0.218. The van der Waals surface area contributed by atoms with E-state index in [0.29, 0.717) is 0 Å². The van der Waals surface area contributed by atoms with Crippen molar-refractivity contribution in [3.63, 3.8) is 0 Å². The van der Waals surface area contributed by atoms with Crippen molar-refractivity contribution < 1.29 is 33.3 Å². The minimum absolute atomic E-state index is 0.0645. The normalized spacial score (nSPS) is 22.3. The molecule has 0 unspecified atom stereocenters. The number of nitrogen functional groups attached to an aromatic ring is 1. The van der Waals surface area contributed by atoms with Gasteiger partial charge in [0.2, 0.25) is 5.95 Å². The molecule has 3 heterocycles. The van der Waals surface area contributed by atoms with E-state index in [1.807, 2.05) is 0 Å². The lowest BCUT2D eigenvalue weighted by Crippen LogP contribution is -2.41. The number of hydrogen-bond donors (Lipinski definition) is 1. The SMILES string of the molecule is C#CCn1c(=O)n([C@@H]2O[C@H](COC(C)=O)[C@H](OC(C)=O)[C@H]2OC(C)=O)c2nc(N)ncc21. The maximum atomic E-state index is 13.2. The van der Waals surface area contributed by atoms with Crippen molar-refractivity contribution in [2.45, 2.75) is 51.9 Å². The first-order chi connectivity index (χ1) is 15.1. The van der Waals surface area contributed by atoms with Crippen molar-refractivity contribution in [3.05, 3.63) is 16.7 Å². The number of terminal acetylenes is 1. The van der Waals surface area contributed by atoms with Gasteiger partial charge in [-0.15, -0.1) is 6.42 Å². The molecule has 0 amide bonds. The number of ether oxygens (including phenoxy) is 4. The van der Waals surface area contributed by atoms with Gasteiger partial charge in [-0.05, 0) is 0 Å². The molecule has 2 aromatic heterocycles. The van der Waals surface area contributed by atoms with Crippen LogP contribution in [-0.4, -0.2) is 61.9 Å². The average molecular weight is 447 g/mol. The van der Waals surface area contributed by atoms with Gasteiger partial charge in [-0.25, -0.2) is 14.3 Å². The van der Waals surface area contributed by atoms with E-state index < -0.39 is 48.1 Å². The maximum Gasteiger partial charge on any atom is 0.333 e. The molecule has 0 saturated carbocycles. The van der Waals surface area contributed by atoms with E-state index in [9.17, 15) is 19.2 Å². The molecule has 0 aromatic carbocycles. The van der Waals surface area contributed by atoms with Crippen LogP contribution in [0.4, 0.5) is 5.95 Å². The first-order valence-corrected chi connectivity index (χ1v) is 9.44. The molecule has 1 fully saturated rings. The van der Waals surface area contributed by atoms with Crippen molar-refractivity contribution in [2.75, 3.05) is 12.3 Å². The third-order valence-corrected chi connectivity index (χ3v) is 4.57. The fourth-order valence-corrected chi connectivity index (χ4v) is 3.45. The largest absolute Gasteiger partial charge is 0.463 e. The van der Waals surface area contributed by atoms with E-state index in [0.717, 1.165) is 18.4 Å². The van der Waals surface area contributed by atoms with Gasteiger partial charge >= 0.3 is 23.6 Å². The Morgan fingerprint density at radius 1 is 1.19 bits per heavy atom. The van der Waals surface area contributed by atoms with Crippen LogP contribution in [0.3, 0.4) is 0 Å². The molecule has 32 heavy (non-hydrogen) atoms. The molecule has 2 aromatic rings. The van der Waals surface area contributed by atoms with E-state index in [4.69, 9.17) is 31.1 Å². The lowest BCUT2D eigenvalue weighted by atomic mass is 10.1. The van der Waals surface area contributed by atoms with Gasteiger partial charge in [0, 0.05) is 20.8 Å². The minimum Gasteiger partial charge on any atom is -0.463 e. The van der Waals surface area contributed by atoms with Crippen LogP contribution in [0.15, 0.2) is 11.0 Å². The van der Waals surface area contributed by atoms with Gasteiger partial charge in [0.05, 0.1) is 12.7 Å². The molecule has 0 spiro atoms. The third-order valence-electron chi connectivity index (χ3n) is 4.57. The quantitative estimate of drug-likeness (QED) is 0.332. The average Bonchev–Trinajstić information content (AvgIpc) is 3.14. The van der Waals surface area contributed by atoms with E-state index in [1.54, 1.807) is 0 Å². The number of imidazole rings is 1. The van der Waals surface area contributed by atoms with Gasteiger partial charge < -0.3 is 24.7 Å². The number of aromatic nitrogens is 4. The maximum absolute atomic E-state index is 13.2. The Labute approximate surface area is 181 Å². The number of rotatable bonds is 6. The number of nitrogens with zero attached hydrogens (tertiary/aromatic N) is 4. The van der Waals surface area contributed by atoms with Crippen LogP contribution in [0.1, 0.15) is 27.0 Å². The van der Waals surface area contributed by atoms with Crippen molar-refractivity contribution in [2.24, 2.45) is 0 Å². The fraction of sp³-hybridized carbons (Fsp3) is 0.474. The molecule has 1 aliphatic heterocycles. The Morgan fingerprint density at radius 2 is 1.84 bits per heavy atom. The van der Waals surface area contributed by atoms with E-state index in [1.165, 1.54) is 17.7 Å². The first-order valence-electron chi connectivity index (χ1n) is 9.44. The molecule has 1 saturated heterocycles. The zero-order valence-corrected chi connectivity index (χ0v) is 17.5. The van der Waals surface area contributed by atoms with Gasteiger partial charge in [0.1, 0.15) is 18.2 Å². The highest BCUT2D eigenvalue weighted by molar-refractivity contribution is 5.72. The zero-order chi connectivity index (χ0) is 23.6. The Hall–Kier alpha value is -3.92. The molecular weight excluding hydrogens is 426 g/mol. The molecule has 0 aliphatic carbocycles. The molecule has 2 N–H and O–H groups in total. The molecule has 3 rings (SSSR count). The summed E-state index contributed by atoms with van der Waals surface area (Å²) in [5, 5.41) is 0. The molecule has 0 radical (unpaired) electrons. The molecule has 0 bridgehead atoms. The van der Waals surface area contributed by atoms with Crippen LogP contribution in [0.2, 0.25) is 0 Å². The van der Waals surface area contributed by atoms with Gasteiger partial charge in [-0.1, -0.05) is 5.92 Å². The summed E-state index contributed by atoms with van der Waals surface area (Å²) in [4.78, 5) is 56.1. The summed E-state index contributed by atoms with van der Waals surface area (Å²) in [7, 11) is 0. The highest BCUT2D eigenvalue weighted by Gasteiger charge is 2.51. The second-order valence-electron chi connectivity index (χ2n) is 6.90. The van der Waals surface area contributed by atoms with Crippen LogP contribution < -0.4 is 11.4 Å². The molecule has 4 atom stereocenters. The Balaban J connectivity index is 2.17. The topological polar surface area (TPSA) is 167 Å². The number of anilines is 1. The summed E-state index contributed by atoms with van der Waals surface area (Å²) in [5.41, 5.74) is 5.39. The number of nitrogens with two attached hydrogens (primary N) is 1. The van der Waals surface area contributed by atoms with Gasteiger partial charge in [0.25, 0.3) is 0 Å². The zero-order valence-electron chi connectivity index (χ0n) is 17.5. The Bertz CT molecular complexity index is 1160. The number of esters is 3. The standard InChI is InChI=1S/C19H21N5O8/c1-5-6-23-12-7-21-18(20)22-16(12)24(19(23)28)17-15(31-11(4)27)14(30-10(3)26)13(32-17)8-29-9(2)25/h1,7,13-15,17H,6,8H2,2-4H3,(H2,20,21,22)/t13-,14+,15-,17-/m1/s1. The van der Waals surface area contributed by atoms with Gasteiger partial charge in [-0.2, -0.15) is 4.98 Å². The lowest BCUT2D eigenvalue weighted by molar-refractivity contribution is -0.166. The van der Waals surface area contributed by atoms with Gasteiger partial charge in [0.15, 0.2) is 24.1 Å². The van der Waals surface area contributed by atoms with Crippen molar-refractivity contribution in [1.29, 1.82) is 0 Å².